The molecule has 0 atom stereocenters. The summed E-state index contributed by atoms with van der Waals surface area (Å²) < 4.78 is 15.5. The first-order valence-corrected chi connectivity index (χ1v) is 9.28. The van der Waals surface area contributed by atoms with E-state index < -0.39 is 24.5 Å². The van der Waals surface area contributed by atoms with Gasteiger partial charge in [-0.15, -0.1) is 0 Å². The molecule has 0 amide bonds. The second-order valence-electron chi connectivity index (χ2n) is 6.86. The SMILES string of the molecule is C=C(CC(=O)OCC(=O)OC1CCCCC1)C(=O)OC1CCCCC1. The quantitative estimate of drug-likeness (QED) is 0.398. The first kappa shape index (κ1) is 19.5. The molecule has 0 spiro atoms. The lowest BCUT2D eigenvalue weighted by Gasteiger charge is -2.22. The molecule has 6 nitrogen and oxygen atoms in total. The summed E-state index contributed by atoms with van der Waals surface area (Å²) in [4.78, 5) is 35.4. The fraction of sp³-hybridized carbons (Fsp3) is 0.737. The van der Waals surface area contributed by atoms with Crippen LogP contribution >= 0.6 is 0 Å². The molecule has 0 aromatic carbocycles. The van der Waals surface area contributed by atoms with Crippen LogP contribution in [0.2, 0.25) is 0 Å². The Kier molecular flexibility index (Phi) is 7.95. The Morgan fingerprint density at radius 1 is 0.760 bits per heavy atom. The second kappa shape index (κ2) is 10.2. The van der Waals surface area contributed by atoms with Crippen LogP contribution in [0, 0.1) is 0 Å². The molecule has 2 rings (SSSR count). The van der Waals surface area contributed by atoms with Gasteiger partial charge in [-0.3, -0.25) is 4.79 Å². The molecule has 0 heterocycles. The molecular formula is C19H28O6. The van der Waals surface area contributed by atoms with E-state index in [9.17, 15) is 14.4 Å². The Hall–Kier alpha value is -1.85. The molecule has 0 aromatic heterocycles. The highest BCUT2D eigenvalue weighted by Crippen LogP contribution is 2.22. The van der Waals surface area contributed by atoms with Crippen molar-refractivity contribution in [2.24, 2.45) is 0 Å². The number of carbonyl (C=O) groups excluding carboxylic acids is 3. The minimum atomic E-state index is -0.675. The van der Waals surface area contributed by atoms with Gasteiger partial charge in [-0.1, -0.05) is 19.4 Å². The van der Waals surface area contributed by atoms with Crippen molar-refractivity contribution in [2.45, 2.75) is 82.8 Å². The Labute approximate surface area is 148 Å². The summed E-state index contributed by atoms with van der Waals surface area (Å²) in [5.74, 6) is -1.78. The number of ether oxygens (including phenoxy) is 3. The zero-order valence-electron chi connectivity index (χ0n) is 14.8. The largest absolute Gasteiger partial charge is 0.460 e. The molecule has 0 aromatic rings. The van der Waals surface area contributed by atoms with Gasteiger partial charge in [-0.05, 0) is 51.4 Å². The van der Waals surface area contributed by atoms with Gasteiger partial charge < -0.3 is 14.2 Å². The fourth-order valence-electron chi connectivity index (χ4n) is 3.26. The predicted octanol–water partition coefficient (Wildman–Crippen LogP) is 3.23. The average molecular weight is 352 g/mol. The Morgan fingerprint density at radius 2 is 1.28 bits per heavy atom. The van der Waals surface area contributed by atoms with Crippen LogP contribution in [0.4, 0.5) is 0 Å². The molecule has 0 saturated heterocycles. The van der Waals surface area contributed by atoms with E-state index in [0.29, 0.717) is 0 Å². The summed E-state index contributed by atoms with van der Waals surface area (Å²) in [5.41, 5.74) is 0.0521. The maximum atomic E-state index is 11.9. The van der Waals surface area contributed by atoms with Crippen molar-refractivity contribution < 1.29 is 28.6 Å². The molecule has 0 bridgehead atoms. The van der Waals surface area contributed by atoms with Crippen molar-refractivity contribution in [1.29, 1.82) is 0 Å². The third kappa shape index (κ3) is 7.28. The normalized spacial score (nSPS) is 19.0. The molecule has 0 unspecified atom stereocenters. The average Bonchev–Trinajstić information content (AvgIpc) is 2.61. The van der Waals surface area contributed by atoms with Gasteiger partial charge in [-0.25, -0.2) is 9.59 Å². The molecule has 0 N–H and O–H groups in total. The fourth-order valence-corrected chi connectivity index (χ4v) is 3.26. The monoisotopic (exact) mass is 352 g/mol. The van der Waals surface area contributed by atoms with Crippen LogP contribution in [0.25, 0.3) is 0 Å². The lowest BCUT2D eigenvalue weighted by Crippen LogP contribution is -2.25. The molecule has 2 saturated carbocycles. The molecule has 140 valence electrons. The van der Waals surface area contributed by atoms with Crippen LogP contribution in [-0.2, 0) is 28.6 Å². The summed E-state index contributed by atoms with van der Waals surface area (Å²) >= 11 is 0. The molecule has 2 fully saturated rings. The highest BCUT2D eigenvalue weighted by atomic mass is 16.6. The van der Waals surface area contributed by atoms with Crippen molar-refractivity contribution in [3.05, 3.63) is 12.2 Å². The Bertz CT molecular complexity index is 486. The van der Waals surface area contributed by atoms with E-state index in [1.165, 1.54) is 6.42 Å². The van der Waals surface area contributed by atoms with Gasteiger partial charge in [0.1, 0.15) is 12.2 Å². The first-order valence-electron chi connectivity index (χ1n) is 9.28. The standard InChI is InChI=1S/C19H28O6/c1-14(19(22)25-16-10-6-3-7-11-16)12-17(20)23-13-18(21)24-15-8-4-2-5-9-15/h15-16H,1-13H2. The first-order chi connectivity index (χ1) is 12.0. The summed E-state index contributed by atoms with van der Waals surface area (Å²) in [7, 11) is 0. The molecule has 25 heavy (non-hydrogen) atoms. The highest BCUT2D eigenvalue weighted by Gasteiger charge is 2.22. The highest BCUT2D eigenvalue weighted by molar-refractivity contribution is 5.93. The smallest absolute Gasteiger partial charge is 0.344 e. The number of rotatable bonds is 7. The van der Waals surface area contributed by atoms with Crippen LogP contribution in [0.5, 0.6) is 0 Å². The maximum Gasteiger partial charge on any atom is 0.344 e. The van der Waals surface area contributed by atoms with Gasteiger partial charge in [0, 0.05) is 5.57 Å². The predicted molar refractivity (Wildman–Crippen MR) is 90.6 cm³/mol. The van der Waals surface area contributed by atoms with E-state index in [-0.39, 0.29) is 24.2 Å². The lowest BCUT2D eigenvalue weighted by molar-refractivity contribution is -0.163. The maximum absolute atomic E-state index is 11.9. The van der Waals surface area contributed by atoms with E-state index in [2.05, 4.69) is 6.58 Å². The molecule has 0 radical (unpaired) electrons. The van der Waals surface area contributed by atoms with Crippen LogP contribution in [-0.4, -0.2) is 36.7 Å². The van der Waals surface area contributed by atoms with Gasteiger partial charge in [0.2, 0.25) is 0 Å². The van der Waals surface area contributed by atoms with E-state index in [1.807, 2.05) is 0 Å². The molecular weight excluding hydrogens is 324 g/mol. The van der Waals surface area contributed by atoms with E-state index in [0.717, 1.165) is 57.8 Å². The number of hydrogen-bond donors (Lipinski definition) is 0. The lowest BCUT2D eigenvalue weighted by atomic mass is 9.98. The van der Waals surface area contributed by atoms with Crippen molar-refractivity contribution in [3.8, 4) is 0 Å². The molecule has 6 heteroatoms. The third-order valence-corrected chi connectivity index (χ3v) is 4.67. The van der Waals surface area contributed by atoms with Crippen LogP contribution in [0.15, 0.2) is 12.2 Å². The van der Waals surface area contributed by atoms with Gasteiger partial charge in [-0.2, -0.15) is 0 Å². The second-order valence-corrected chi connectivity index (χ2v) is 6.86. The van der Waals surface area contributed by atoms with Crippen LogP contribution in [0.1, 0.15) is 70.6 Å². The zero-order valence-corrected chi connectivity index (χ0v) is 14.8. The van der Waals surface area contributed by atoms with Gasteiger partial charge in [0.05, 0.1) is 6.42 Å². The van der Waals surface area contributed by atoms with E-state index in [4.69, 9.17) is 14.2 Å². The topological polar surface area (TPSA) is 78.9 Å². The summed E-state index contributed by atoms with van der Waals surface area (Å²) in [6, 6.07) is 0. The third-order valence-electron chi connectivity index (χ3n) is 4.67. The minimum absolute atomic E-state index is 0.0521. The summed E-state index contributed by atoms with van der Waals surface area (Å²) in [6.45, 7) is 3.16. The van der Waals surface area contributed by atoms with Gasteiger partial charge in [0.25, 0.3) is 0 Å². The van der Waals surface area contributed by atoms with E-state index in [1.54, 1.807) is 0 Å². The van der Waals surface area contributed by atoms with Gasteiger partial charge >= 0.3 is 17.9 Å². The number of hydrogen-bond acceptors (Lipinski definition) is 6. The van der Waals surface area contributed by atoms with E-state index >= 15 is 0 Å². The number of esters is 3. The summed E-state index contributed by atoms with van der Waals surface area (Å²) in [5, 5.41) is 0. The summed E-state index contributed by atoms with van der Waals surface area (Å²) in [6.07, 6.45) is 9.56. The van der Waals surface area contributed by atoms with Crippen LogP contribution in [0.3, 0.4) is 0 Å². The van der Waals surface area contributed by atoms with Crippen LogP contribution < -0.4 is 0 Å². The van der Waals surface area contributed by atoms with Gasteiger partial charge in [0.15, 0.2) is 6.61 Å². The van der Waals surface area contributed by atoms with Crippen molar-refractivity contribution in [2.75, 3.05) is 6.61 Å². The van der Waals surface area contributed by atoms with Crippen molar-refractivity contribution in [3.63, 3.8) is 0 Å². The van der Waals surface area contributed by atoms with Crippen molar-refractivity contribution in [1.82, 2.24) is 0 Å². The Balaban J connectivity index is 1.62. The minimum Gasteiger partial charge on any atom is -0.460 e. The zero-order chi connectivity index (χ0) is 18.1. The molecule has 2 aliphatic carbocycles. The molecule has 0 aliphatic heterocycles. The van der Waals surface area contributed by atoms with Crippen molar-refractivity contribution >= 4 is 17.9 Å². The number of carbonyl (C=O) groups is 3. The molecule has 2 aliphatic rings. The Morgan fingerprint density at radius 3 is 1.84 bits per heavy atom.